The van der Waals surface area contributed by atoms with Crippen molar-refractivity contribution in [3.63, 3.8) is 0 Å². The molecule has 14 heteroatoms. The number of aromatic nitrogens is 2. The van der Waals surface area contributed by atoms with Crippen molar-refractivity contribution in [2.45, 2.75) is 70.3 Å². The molecule has 12 nitrogen and oxygen atoms in total. The summed E-state index contributed by atoms with van der Waals surface area (Å²) in [7, 11) is 0. The van der Waals surface area contributed by atoms with Gasteiger partial charge in [0.05, 0.1) is 12.7 Å². The minimum atomic E-state index is -3.55. The maximum atomic E-state index is 12.9. The number of ether oxygens (including phenoxy) is 2. The lowest BCUT2D eigenvalue weighted by Gasteiger charge is -2.30. The summed E-state index contributed by atoms with van der Waals surface area (Å²) >= 11 is 5.78. The molecule has 3 rings (SSSR count). The molecule has 0 radical (unpaired) electrons. The van der Waals surface area contributed by atoms with E-state index >= 15 is 0 Å². The summed E-state index contributed by atoms with van der Waals surface area (Å²) in [6, 6.07) is 8.74. The lowest BCUT2D eigenvalue weighted by molar-refractivity contribution is -0.150. The SMILES string of the molecule is C#C[C@]1(O)C(n2ccc(=O)[nH]c2=O)OC(COP(=S)(NC(CC(C)C)C(=O)OC(C)C)Oc2ccccc2)[C@H]1O. The molecule has 1 aliphatic heterocycles. The number of aliphatic hydroxyl groups excluding tert-OH is 1. The molecule has 0 aliphatic carbocycles. The number of hydrogen-bond acceptors (Lipinski definition) is 10. The Bertz CT molecular complexity index is 1370. The zero-order chi connectivity index (χ0) is 29.7. The van der Waals surface area contributed by atoms with E-state index in [1.165, 1.54) is 0 Å². The van der Waals surface area contributed by atoms with Gasteiger partial charge in [-0.15, -0.1) is 6.42 Å². The molecular weight excluding hydrogens is 561 g/mol. The summed E-state index contributed by atoms with van der Waals surface area (Å²) in [5, 5.41) is 25.0. The highest BCUT2D eigenvalue weighted by Gasteiger charge is 2.56. The van der Waals surface area contributed by atoms with Crippen LogP contribution < -0.4 is 20.9 Å². The normalized spacial score (nSPS) is 24.8. The largest absolute Gasteiger partial charge is 0.462 e. The van der Waals surface area contributed by atoms with Gasteiger partial charge < -0.3 is 28.7 Å². The molecule has 1 aromatic heterocycles. The van der Waals surface area contributed by atoms with Gasteiger partial charge in [-0.25, -0.2) is 9.88 Å². The summed E-state index contributed by atoms with van der Waals surface area (Å²) in [5.74, 6) is 2.00. The maximum Gasteiger partial charge on any atom is 0.330 e. The summed E-state index contributed by atoms with van der Waals surface area (Å²) in [6.45, 7) is 3.34. The molecule has 40 heavy (non-hydrogen) atoms. The Morgan fingerprint density at radius 2 is 1.95 bits per heavy atom. The molecule has 1 aliphatic rings. The standard InChI is InChI=1S/C26H34N3O9PS/c1-6-26(34)22(31)20(37-24(26)29-13-12-21(30)27-25(29)33)15-35-39(40,38-18-10-8-7-9-11-18)28-19(14-16(2)3)23(32)36-17(4)5/h1,7-13,16-17,19-20,22,24,31,34H,14-15H2,2-5H3,(H,28,40)(H,27,30,33)/t19?,20?,22-,24?,26-,39?/m1/s1. The summed E-state index contributed by atoms with van der Waals surface area (Å²) in [5.41, 5.74) is -3.92. The van der Waals surface area contributed by atoms with Gasteiger partial charge in [-0.1, -0.05) is 38.0 Å². The Kier molecular flexibility index (Phi) is 10.5. The molecule has 4 unspecified atom stereocenters. The highest BCUT2D eigenvalue weighted by molar-refractivity contribution is 8.09. The molecule has 218 valence electrons. The molecule has 0 saturated carbocycles. The van der Waals surface area contributed by atoms with E-state index in [0.717, 1.165) is 16.8 Å². The number of carbonyl (C=O) groups is 1. The Balaban J connectivity index is 1.89. The monoisotopic (exact) mass is 595 g/mol. The molecule has 2 aromatic rings. The van der Waals surface area contributed by atoms with Gasteiger partial charge in [0.1, 0.15) is 24.0 Å². The third-order valence-corrected chi connectivity index (χ3v) is 8.28. The number of carbonyl (C=O) groups excluding carboxylic acids is 1. The predicted molar refractivity (Wildman–Crippen MR) is 150 cm³/mol. The van der Waals surface area contributed by atoms with Crippen LogP contribution in [0.4, 0.5) is 0 Å². The number of benzene rings is 1. The first kappa shape index (κ1) is 31.7. The number of aromatic amines is 1. The number of nitrogens with zero attached hydrogens (tertiary/aromatic N) is 1. The fourth-order valence-corrected chi connectivity index (χ4v) is 6.35. The zero-order valence-corrected chi connectivity index (χ0v) is 24.3. The first-order valence-electron chi connectivity index (χ1n) is 12.6. The van der Waals surface area contributed by atoms with Crippen molar-refractivity contribution < 1.29 is 33.5 Å². The average molecular weight is 596 g/mol. The van der Waals surface area contributed by atoms with E-state index in [1.807, 2.05) is 18.8 Å². The van der Waals surface area contributed by atoms with Crippen molar-refractivity contribution in [2.24, 2.45) is 5.92 Å². The molecule has 0 bridgehead atoms. The Hall–Kier alpha value is -2.82. The molecule has 6 atom stereocenters. The molecule has 1 aromatic carbocycles. The van der Waals surface area contributed by atoms with Gasteiger partial charge in [0, 0.05) is 12.3 Å². The van der Waals surface area contributed by atoms with E-state index in [4.69, 9.17) is 36.8 Å². The topological polar surface area (TPSA) is 161 Å². The number of para-hydroxylation sites is 1. The predicted octanol–water partition coefficient (Wildman–Crippen LogP) is 1.44. The van der Waals surface area contributed by atoms with Crippen LogP contribution >= 0.6 is 6.64 Å². The average Bonchev–Trinajstić information content (AvgIpc) is 3.12. The second kappa shape index (κ2) is 13.2. The van der Waals surface area contributed by atoms with Crippen molar-refractivity contribution in [3.05, 3.63) is 63.4 Å². The first-order valence-corrected chi connectivity index (χ1v) is 15.2. The zero-order valence-electron chi connectivity index (χ0n) is 22.6. The maximum absolute atomic E-state index is 12.9. The van der Waals surface area contributed by atoms with E-state index in [-0.39, 0.29) is 12.0 Å². The third-order valence-electron chi connectivity index (χ3n) is 5.85. The molecule has 0 amide bonds. The van der Waals surface area contributed by atoms with Crippen molar-refractivity contribution in [3.8, 4) is 18.1 Å². The van der Waals surface area contributed by atoms with Crippen LogP contribution in [-0.2, 0) is 30.6 Å². The number of H-pyrrole nitrogens is 1. The van der Waals surface area contributed by atoms with E-state index < -0.39 is 60.5 Å². The van der Waals surface area contributed by atoms with E-state index in [0.29, 0.717) is 12.2 Å². The van der Waals surface area contributed by atoms with Crippen LogP contribution in [-0.4, -0.2) is 62.3 Å². The number of aliphatic hydroxyl groups is 2. The number of nitrogens with one attached hydrogen (secondary N) is 2. The Labute approximate surface area is 236 Å². The first-order chi connectivity index (χ1) is 18.8. The summed E-state index contributed by atoms with van der Waals surface area (Å²) in [4.78, 5) is 38.8. The quantitative estimate of drug-likeness (QED) is 0.160. The number of esters is 1. The Morgan fingerprint density at radius 1 is 1.27 bits per heavy atom. The molecule has 1 saturated heterocycles. The van der Waals surface area contributed by atoms with Crippen LogP contribution in [0.25, 0.3) is 0 Å². The summed E-state index contributed by atoms with van der Waals surface area (Å²) in [6.07, 6.45) is 2.06. The highest BCUT2D eigenvalue weighted by Crippen LogP contribution is 2.47. The van der Waals surface area contributed by atoms with Crippen molar-refractivity contribution in [2.75, 3.05) is 6.61 Å². The summed E-state index contributed by atoms with van der Waals surface area (Å²) < 4.78 is 24.1. The van der Waals surface area contributed by atoms with Crippen LogP contribution in [0.3, 0.4) is 0 Å². The minimum Gasteiger partial charge on any atom is -0.462 e. The van der Waals surface area contributed by atoms with E-state index in [9.17, 15) is 24.6 Å². The van der Waals surface area contributed by atoms with Crippen LogP contribution in [0.15, 0.2) is 52.2 Å². The third kappa shape index (κ3) is 7.67. The van der Waals surface area contributed by atoms with Gasteiger partial charge in [-0.3, -0.25) is 19.1 Å². The molecule has 1 fully saturated rings. The van der Waals surface area contributed by atoms with E-state index in [2.05, 4.69) is 11.0 Å². The van der Waals surface area contributed by atoms with Crippen LogP contribution in [0.1, 0.15) is 40.3 Å². The Morgan fingerprint density at radius 3 is 2.52 bits per heavy atom. The smallest absolute Gasteiger partial charge is 0.330 e. The minimum absolute atomic E-state index is 0.0828. The fraction of sp³-hybridized carbons (Fsp3) is 0.500. The van der Waals surface area contributed by atoms with E-state index in [1.54, 1.807) is 44.2 Å². The van der Waals surface area contributed by atoms with Crippen molar-refractivity contribution in [1.29, 1.82) is 0 Å². The van der Waals surface area contributed by atoms with Gasteiger partial charge >= 0.3 is 18.3 Å². The second-order valence-corrected chi connectivity index (χ2v) is 13.1. The highest BCUT2D eigenvalue weighted by atomic mass is 32.5. The van der Waals surface area contributed by atoms with Crippen LogP contribution in [0.5, 0.6) is 5.75 Å². The van der Waals surface area contributed by atoms with Gasteiger partial charge in [0.15, 0.2) is 11.8 Å². The number of rotatable bonds is 12. The lowest BCUT2D eigenvalue weighted by atomic mass is 9.95. The van der Waals surface area contributed by atoms with Crippen LogP contribution in [0, 0.1) is 18.3 Å². The molecular formula is C26H34N3O9PS. The number of hydrogen-bond donors (Lipinski definition) is 4. The van der Waals surface area contributed by atoms with Crippen molar-refractivity contribution >= 4 is 24.4 Å². The van der Waals surface area contributed by atoms with Crippen LogP contribution in [0.2, 0.25) is 0 Å². The molecule has 2 heterocycles. The lowest BCUT2D eigenvalue weighted by Crippen LogP contribution is -2.48. The van der Waals surface area contributed by atoms with Gasteiger partial charge in [-0.05, 0) is 50.1 Å². The second-order valence-electron chi connectivity index (χ2n) is 9.95. The van der Waals surface area contributed by atoms with Gasteiger partial charge in [0.2, 0.25) is 0 Å². The fourth-order valence-electron chi connectivity index (χ4n) is 4.01. The number of terminal acetylenes is 1. The van der Waals surface area contributed by atoms with Crippen molar-refractivity contribution in [1.82, 2.24) is 14.6 Å². The van der Waals surface area contributed by atoms with Gasteiger partial charge in [0.25, 0.3) is 5.56 Å². The molecule has 4 N–H and O–H groups in total. The molecule has 0 spiro atoms. The van der Waals surface area contributed by atoms with Gasteiger partial charge in [-0.2, -0.15) is 0 Å².